The van der Waals surface area contributed by atoms with Gasteiger partial charge in [-0.15, -0.1) is 0 Å². The van der Waals surface area contributed by atoms with Crippen molar-refractivity contribution in [1.82, 2.24) is 15.1 Å². The third kappa shape index (κ3) is 2.42. The van der Waals surface area contributed by atoms with Gasteiger partial charge in [0, 0.05) is 41.8 Å². The summed E-state index contributed by atoms with van der Waals surface area (Å²) in [5.41, 5.74) is 2.40. The molecular weight excluding hydrogens is 278 g/mol. The van der Waals surface area contributed by atoms with Gasteiger partial charge in [-0.05, 0) is 17.7 Å². The molecule has 0 radical (unpaired) electrons. The van der Waals surface area contributed by atoms with Gasteiger partial charge >= 0.3 is 0 Å². The molecule has 3 nitrogen and oxygen atoms in total. The Kier molecular flexibility index (Phi) is 2.99. The van der Waals surface area contributed by atoms with Crippen molar-refractivity contribution in [3.8, 4) is 11.1 Å². The minimum absolute atomic E-state index is 0.743. The van der Waals surface area contributed by atoms with E-state index in [0.717, 1.165) is 30.0 Å². The Bertz CT molecular complexity index is 500. The van der Waals surface area contributed by atoms with Crippen molar-refractivity contribution >= 4 is 15.9 Å². The van der Waals surface area contributed by atoms with Crippen molar-refractivity contribution in [2.24, 2.45) is 5.92 Å². The molecule has 1 fully saturated rings. The summed E-state index contributed by atoms with van der Waals surface area (Å²) in [6.07, 6.45) is 4.07. The maximum atomic E-state index is 4.41. The van der Waals surface area contributed by atoms with Crippen molar-refractivity contribution in [2.75, 3.05) is 13.1 Å². The molecule has 1 aliphatic heterocycles. The first kappa shape index (κ1) is 11.0. The molecule has 1 aromatic carbocycles. The van der Waals surface area contributed by atoms with Gasteiger partial charge in [0.05, 0.1) is 6.20 Å². The second-order valence-electron chi connectivity index (χ2n) is 4.48. The molecule has 0 unspecified atom stereocenters. The highest BCUT2D eigenvalue weighted by molar-refractivity contribution is 9.10. The van der Waals surface area contributed by atoms with E-state index in [0.29, 0.717) is 0 Å². The lowest BCUT2D eigenvalue weighted by atomic mass is 10.0. The fourth-order valence-electron chi connectivity index (χ4n) is 2.00. The highest BCUT2D eigenvalue weighted by atomic mass is 79.9. The van der Waals surface area contributed by atoms with Crippen molar-refractivity contribution in [2.45, 2.75) is 6.54 Å². The maximum absolute atomic E-state index is 4.41. The summed E-state index contributed by atoms with van der Waals surface area (Å²) in [6.45, 7) is 3.25. The van der Waals surface area contributed by atoms with E-state index >= 15 is 0 Å². The number of hydrogen-bond donors (Lipinski definition) is 1. The Hall–Kier alpha value is -1.13. The summed E-state index contributed by atoms with van der Waals surface area (Å²) in [5.74, 6) is 0.743. The maximum Gasteiger partial charge on any atom is 0.0568 e. The van der Waals surface area contributed by atoms with Gasteiger partial charge in [-0.2, -0.15) is 5.10 Å². The Morgan fingerprint density at radius 1 is 1.24 bits per heavy atom. The van der Waals surface area contributed by atoms with Gasteiger partial charge in [-0.25, -0.2) is 0 Å². The molecule has 1 N–H and O–H groups in total. The lowest BCUT2D eigenvalue weighted by Crippen LogP contribution is -2.44. The van der Waals surface area contributed by atoms with Gasteiger partial charge in [0.2, 0.25) is 0 Å². The van der Waals surface area contributed by atoms with Gasteiger partial charge in [-0.3, -0.25) is 4.68 Å². The summed E-state index contributed by atoms with van der Waals surface area (Å²) in [4.78, 5) is 0. The van der Waals surface area contributed by atoms with Gasteiger partial charge in [0.15, 0.2) is 0 Å². The Labute approximate surface area is 109 Å². The summed E-state index contributed by atoms with van der Waals surface area (Å²) >= 11 is 3.45. The van der Waals surface area contributed by atoms with Crippen LogP contribution in [0.25, 0.3) is 11.1 Å². The number of nitrogens with one attached hydrogen (secondary N) is 1. The van der Waals surface area contributed by atoms with E-state index in [9.17, 15) is 0 Å². The molecule has 0 spiro atoms. The quantitative estimate of drug-likeness (QED) is 0.942. The van der Waals surface area contributed by atoms with Crippen LogP contribution in [-0.4, -0.2) is 22.9 Å². The fourth-order valence-corrected chi connectivity index (χ4v) is 2.26. The number of benzene rings is 1. The first-order valence-corrected chi connectivity index (χ1v) is 6.60. The highest BCUT2D eigenvalue weighted by Gasteiger charge is 2.17. The molecule has 1 aromatic heterocycles. The van der Waals surface area contributed by atoms with Gasteiger partial charge in [0.25, 0.3) is 0 Å². The molecule has 2 heterocycles. The van der Waals surface area contributed by atoms with Crippen LogP contribution >= 0.6 is 15.9 Å². The van der Waals surface area contributed by atoms with Crippen molar-refractivity contribution < 1.29 is 0 Å². The number of rotatable bonds is 3. The number of nitrogens with zero attached hydrogens (tertiary/aromatic N) is 2. The molecule has 1 saturated heterocycles. The summed E-state index contributed by atoms with van der Waals surface area (Å²) in [6, 6.07) is 8.33. The minimum atomic E-state index is 0.743. The highest BCUT2D eigenvalue weighted by Crippen LogP contribution is 2.21. The molecule has 0 amide bonds. The third-order valence-corrected chi connectivity index (χ3v) is 3.65. The second kappa shape index (κ2) is 4.63. The molecule has 3 rings (SSSR count). The topological polar surface area (TPSA) is 29.9 Å². The van der Waals surface area contributed by atoms with Gasteiger partial charge in [0.1, 0.15) is 0 Å². The average molecular weight is 292 g/mol. The lowest BCUT2D eigenvalue weighted by Gasteiger charge is -2.26. The number of halogens is 1. The van der Waals surface area contributed by atoms with E-state index < -0.39 is 0 Å². The first-order valence-electron chi connectivity index (χ1n) is 5.80. The van der Waals surface area contributed by atoms with E-state index in [1.54, 1.807) is 0 Å². The molecule has 2 aromatic rings. The Morgan fingerprint density at radius 2 is 2.00 bits per heavy atom. The van der Waals surface area contributed by atoms with Crippen molar-refractivity contribution in [3.63, 3.8) is 0 Å². The van der Waals surface area contributed by atoms with Crippen LogP contribution in [0.5, 0.6) is 0 Å². The van der Waals surface area contributed by atoms with Crippen molar-refractivity contribution in [1.29, 1.82) is 0 Å². The SMILES string of the molecule is Brc1ccc(-c2cnn(CC3CNC3)c2)cc1. The number of aromatic nitrogens is 2. The zero-order valence-electron chi connectivity index (χ0n) is 9.44. The van der Waals surface area contributed by atoms with Crippen LogP contribution in [0.4, 0.5) is 0 Å². The predicted molar refractivity (Wildman–Crippen MR) is 71.7 cm³/mol. The standard InChI is InChI=1S/C13H14BrN3/c14-13-3-1-11(2-4-13)12-7-16-17(9-12)8-10-5-15-6-10/h1-4,7,9-10,15H,5-6,8H2. The molecular formula is C13H14BrN3. The molecule has 17 heavy (non-hydrogen) atoms. The summed E-state index contributed by atoms with van der Waals surface area (Å²) in [7, 11) is 0. The zero-order chi connectivity index (χ0) is 11.7. The molecule has 88 valence electrons. The average Bonchev–Trinajstić information content (AvgIpc) is 2.73. The Morgan fingerprint density at radius 3 is 2.65 bits per heavy atom. The largest absolute Gasteiger partial charge is 0.316 e. The van der Waals surface area contributed by atoms with Crippen LogP contribution in [0.1, 0.15) is 0 Å². The van der Waals surface area contributed by atoms with Crippen LogP contribution in [0.3, 0.4) is 0 Å². The van der Waals surface area contributed by atoms with Crippen molar-refractivity contribution in [3.05, 3.63) is 41.1 Å². The van der Waals surface area contributed by atoms with Gasteiger partial charge in [-0.1, -0.05) is 28.1 Å². The fraction of sp³-hybridized carbons (Fsp3) is 0.308. The van der Waals surface area contributed by atoms with Crippen LogP contribution < -0.4 is 5.32 Å². The molecule has 0 aliphatic carbocycles. The van der Waals surface area contributed by atoms with Crippen LogP contribution in [0.2, 0.25) is 0 Å². The summed E-state index contributed by atoms with van der Waals surface area (Å²) < 4.78 is 3.15. The monoisotopic (exact) mass is 291 g/mol. The molecule has 0 saturated carbocycles. The second-order valence-corrected chi connectivity index (χ2v) is 5.40. The van der Waals surface area contributed by atoms with Crippen LogP contribution in [-0.2, 0) is 6.54 Å². The Balaban J connectivity index is 1.76. The molecule has 0 bridgehead atoms. The summed E-state index contributed by atoms with van der Waals surface area (Å²) in [5, 5.41) is 7.69. The van der Waals surface area contributed by atoms with Crippen LogP contribution in [0.15, 0.2) is 41.1 Å². The minimum Gasteiger partial charge on any atom is -0.316 e. The van der Waals surface area contributed by atoms with Gasteiger partial charge < -0.3 is 5.32 Å². The predicted octanol–water partition coefficient (Wildman–Crippen LogP) is 2.53. The number of hydrogen-bond acceptors (Lipinski definition) is 2. The zero-order valence-corrected chi connectivity index (χ0v) is 11.0. The van der Waals surface area contributed by atoms with Crippen LogP contribution in [0, 0.1) is 5.92 Å². The van der Waals surface area contributed by atoms with E-state index in [4.69, 9.17) is 0 Å². The molecule has 0 atom stereocenters. The van der Waals surface area contributed by atoms with E-state index in [1.165, 1.54) is 11.1 Å². The first-order chi connectivity index (χ1) is 8.31. The van der Waals surface area contributed by atoms with E-state index in [2.05, 4.69) is 56.8 Å². The normalized spacial score (nSPS) is 15.8. The smallest absolute Gasteiger partial charge is 0.0568 e. The third-order valence-electron chi connectivity index (χ3n) is 3.12. The molecule has 4 heteroatoms. The van der Waals surface area contributed by atoms with E-state index in [1.807, 2.05) is 10.9 Å². The lowest BCUT2D eigenvalue weighted by molar-refractivity contribution is 0.295. The molecule has 1 aliphatic rings. The van der Waals surface area contributed by atoms with E-state index in [-0.39, 0.29) is 0 Å².